The molecule has 0 aliphatic heterocycles. The van der Waals surface area contributed by atoms with Crippen molar-refractivity contribution in [1.29, 1.82) is 0 Å². The summed E-state index contributed by atoms with van der Waals surface area (Å²) < 4.78 is 6.52. The largest absolute Gasteiger partial charge is 0.406 e. The van der Waals surface area contributed by atoms with Gasteiger partial charge in [-0.3, -0.25) is 0 Å². The summed E-state index contributed by atoms with van der Waals surface area (Å²) in [5.41, 5.74) is 2.06. The number of nitrogens with one attached hydrogen (secondary N) is 2. The third-order valence-corrected chi connectivity index (χ3v) is 3.00. The Morgan fingerprint density at radius 3 is 2.72 bits per heavy atom. The Morgan fingerprint density at radius 2 is 2.06 bits per heavy atom. The van der Waals surface area contributed by atoms with Crippen molar-refractivity contribution in [2.45, 2.75) is 19.9 Å². The van der Waals surface area contributed by atoms with Crippen molar-refractivity contribution < 1.29 is 4.42 Å². The number of nitrogens with zero attached hydrogens (tertiary/aromatic N) is 2. The molecule has 2 N–H and O–H groups in total. The third kappa shape index (κ3) is 3.08. The van der Waals surface area contributed by atoms with Gasteiger partial charge in [0.25, 0.3) is 0 Å². The van der Waals surface area contributed by atoms with Gasteiger partial charge in [0.1, 0.15) is 0 Å². The van der Waals surface area contributed by atoms with Crippen molar-refractivity contribution in [2.24, 2.45) is 0 Å². The predicted octanol–water partition coefficient (Wildman–Crippen LogP) is 3.16. The van der Waals surface area contributed by atoms with E-state index in [0.29, 0.717) is 11.9 Å². The van der Waals surface area contributed by atoms with E-state index in [1.54, 1.807) is 0 Å². The van der Waals surface area contributed by atoms with Gasteiger partial charge >= 0.3 is 6.01 Å². The van der Waals surface area contributed by atoms with Crippen LogP contribution in [0, 0.1) is 6.92 Å². The third-order valence-electron chi connectivity index (χ3n) is 2.54. The topological polar surface area (TPSA) is 63.0 Å². The van der Waals surface area contributed by atoms with Crippen molar-refractivity contribution >= 4 is 27.6 Å². The van der Waals surface area contributed by atoms with E-state index in [-0.39, 0.29) is 6.04 Å². The van der Waals surface area contributed by atoms with Crippen molar-refractivity contribution in [3.05, 3.63) is 34.1 Å². The molecule has 0 amide bonds. The van der Waals surface area contributed by atoms with Gasteiger partial charge in [0, 0.05) is 10.2 Å². The highest BCUT2D eigenvalue weighted by atomic mass is 79.9. The maximum absolute atomic E-state index is 5.51. The second-order valence-electron chi connectivity index (χ2n) is 4.10. The van der Waals surface area contributed by atoms with Crippen molar-refractivity contribution in [1.82, 2.24) is 15.5 Å². The second kappa shape index (κ2) is 5.49. The molecular weight excluding hydrogens is 296 g/mol. The zero-order valence-corrected chi connectivity index (χ0v) is 12.1. The SMILES string of the molecule is CNC(C)c1nnc(Nc2cc(C)cc(Br)c2)o1. The molecule has 0 aliphatic carbocycles. The van der Waals surface area contributed by atoms with Gasteiger partial charge in [-0.1, -0.05) is 21.0 Å². The van der Waals surface area contributed by atoms with E-state index >= 15 is 0 Å². The lowest BCUT2D eigenvalue weighted by molar-refractivity contribution is 0.443. The van der Waals surface area contributed by atoms with E-state index in [0.717, 1.165) is 15.7 Å². The van der Waals surface area contributed by atoms with Crippen molar-refractivity contribution in [3.8, 4) is 0 Å². The maximum atomic E-state index is 5.51. The molecule has 0 spiro atoms. The first-order valence-electron chi connectivity index (χ1n) is 5.63. The molecule has 0 aliphatic rings. The van der Waals surface area contributed by atoms with Gasteiger partial charge in [0.2, 0.25) is 5.89 Å². The van der Waals surface area contributed by atoms with Gasteiger partial charge in [-0.2, -0.15) is 0 Å². The number of anilines is 2. The molecular formula is C12H15BrN4O. The lowest BCUT2D eigenvalue weighted by Gasteiger charge is -2.04. The van der Waals surface area contributed by atoms with Crippen LogP contribution in [0.4, 0.5) is 11.7 Å². The molecule has 0 radical (unpaired) electrons. The Hall–Kier alpha value is -1.40. The van der Waals surface area contributed by atoms with Crippen LogP contribution in [-0.2, 0) is 0 Å². The summed E-state index contributed by atoms with van der Waals surface area (Å²) in [4.78, 5) is 0. The fourth-order valence-electron chi connectivity index (χ4n) is 1.52. The highest BCUT2D eigenvalue weighted by molar-refractivity contribution is 9.10. The normalized spacial score (nSPS) is 12.4. The van der Waals surface area contributed by atoms with Crippen LogP contribution in [0.15, 0.2) is 27.1 Å². The summed E-state index contributed by atoms with van der Waals surface area (Å²) in [5.74, 6) is 0.562. The van der Waals surface area contributed by atoms with E-state index in [1.807, 2.05) is 39.1 Å². The Labute approximate surface area is 114 Å². The molecule has 1 heterocycles. The summed E-state index contributed by atoms with van der Waals surface area (Å²) >= 11 is 3.45. The molecule has 1 unspecified atom stereocenters. The minimum atomic E-state index is 0.0392. The first kappa shape index (κ1) is 13.0. The number of hydrogen-bond acceptors (Lipinski definition) is 5. The van der Waals surface area contributed by atoms with Gasteiger partial charge in [0.15, 0.2) is 0 Å². The molecule has 2 rings (SSSR count). The van der Waals surface area contributed by atoms with Gasteiger partial charge in [-0.25, -0.2) is 0 Å². The van der Waals surface area contributed by atoms with Crippen LogP contribution in [-0.4, -0.2) is 17.2 Å². The molecule has 18 heavy (non-hydrogen) atoms. The van der Waals surface area contributed by atoms with Gasteiger partial charge in [0.05, 0.1) is 6.04 Å². The monoisotopic (exact) mass is 310 g/mol. The van der Waals surface area contributed by atoms with Crippen LogP contribution < -0.4 is 10.6 Å². The van der Waals surface area contributed by atoms with Crippen LogP contribution in [0.1, 0.15) is 24.4 Å². The molecule has 2 aromatic rings. The predicted molar refractivity (Wildman–Crippen MR) is 73.9 cm³/mol. The molecule has 0 fully saturated rings. The first-order chi connectivity index (χ1) is 8.58. The fraction of sp³-hybridized carbons (Fsp3) is 0.333. The van der Waals surface area contributed by atoms with Crippen molar-refractivity contribution in [2.75, 3.05) is 12.4 Å². The minimum Gasteiger partial charge on any atom is -0.406 e. The molecule has 1 atom stereocenters. The van der Waals surface area contributed by atoms with Gasteiger partial charge in [-0.15, -0.1) is 5.10 Å². The molecule has 6 heteroatoms. The number of aryl methyl sites for hydroxylation is 1. The molecule has 0 bridgehead atoms. The highest BCUT2D eigenvalue weighted by Gasteiger charge is 2.12. The summed E-state index contributed by atoms with van der Waals surface area (Å²) in [7, 11) is 1.85. The Morgan fingerprint density at radius 1 is 1.28 bits per heavy atom. The summed E-state index contributed by atoms with van der Waals surface area (Å²) in [6.45, 7) is 3.98. The van der Waals surface area contributed by atoms with Crippen LogP contribution in [0.5, 0.6) is 0 Å². The number of benzene rings is 1. The van der Waals surface area contributed by atoms with E-state index in [4.69, 9.17) is 4.42 Å². The van der Waals surface area contributed by atoms with Gasteiger partial charge in [-0.05, 0) is 44.7 Å². The smallest absolute Gasteiger partial charge is 0.320 e. The van der Waals surface area contributed by atoms with E-state index < -0.39 is 0 Å². The molecule has 0 saturated heterocycles. The zero-order chi connectivity index (χ0) is 13.1. The highest BCUT2D eigenvalue weighted by Crippen LogP contribution is 2.23. The van der Waals surface area contributed by atoms with Crippen molar-refractivity contribution in [3.63, 3.8) is 0 Å². The molecule has 1 aromatic carbocycles. The lowest BCUT2D eigenvalue weighted by Crippen LogP contribution is -2.12. The summed E-state index contributed by atoms with van der Waals surface area (Å²) in [6, 6.07) is 6.43. The quantitative estimate of drug-likeness (QED) is 0.908. The van der Waals surface area contributed by atoms with Crippen LogP contribution in [0.25, 0.3) is 0 Å². The second-order valence-corrected chi connectivity index (χ2v) is 5.01. The molecule has 5 nitrogen and oxygen atoms in total. The average molecular weight is 311 g/mol. The van der Waals surface area contributed by atoms with E-state index in [1.165, 1.54) is 0 Å². The average Bonchev–Trinajstić information content (AvgIpc) is 2.75. The Bertz CT molecular complexity index is 520. The Balaban J connectivity index is 2.16. The number of aromatic nitrogens is 2. The number of halogens is 1. The fourth-order valence-corrected chi connectivity index (χ4v) is 2.12. The van der Waals surface area contributed by atoms with Gasteiger partial charge < -0.3 is 15.1 Å². The van der Waals surface area contributed by atoms with E-state index in [2.05, 4.69) is 36.8 Å². The maximum Gasteiger partial charge on any atom is 0.320 e. The summed E-state index contributed by atoms with van der Waals surface area (Å²) in [6.07, 6.45) is 0. The van der Waals surface area contributed by atoms with E-state index in [9.17, 15) is 0 Å². The first-order valence-corrected chi connectivity index (χ1v) is 6.42. The minimum absolute atomic E-state index is 0.0392. The Kier molecular flexibility index (Phi) is 3.98. The van der Waals surface area contributed by atoms with Crippen LogP contribution in [0.3, 0.4) is 0 Å². The molecule has 96 valence electrons. The number of hydrogen-bond donors (Lipinski definition) is 2. The molecule has 1 aromatic heterocycles. The summed E-state index contributed by atoms with van der Waals surface area (Å²) in [5, 5.41) is 14.1. The molecule has 0 saturated carbocycles. The van der Waals surface area contributed by atoms with Crippen LogP contribution in [0.2, 0.25) is 0 Å². The lowest BCUT2D eigenvalue weighted by atomic mass is 10.2. The van der Waals surface area contributed by atoms with Crippen LogP contribution >= 0.6 is 15.9 Å². The standard InChI is InChI=1S/C12H15BrN4O/c1-7-4-9(13)6-10(5-7)15-12-17-16-11(18-12)8(2)14-3/h4-6,8,14H,1-3H3,(H,15,17). The zero-order valence-electron chi connectivity index (χ0n) is 10.5. The number of rotatable bonds is 4.